The van der Waals surface area contributed by atoms with Crippen LogP contribution in [0.15, 0.2) is 34.7 Å². The Labute approximate surface area is 173 Å². The summed E-state index contributed by atoms with van der Waals surface area (Å²) in [5, 5.41) is 0. The zero-order chi connectivity index (χ0) is 20.8. The van der Waals surface area contributed by atoms with Crippen LogP contribution in [0.4, 0.5) is 0 Å². The van der Waals surface area contributed by atoms with Gasteiger partial charge in [0, 0.05) is 32.4 Å². The molecule has 0 radical (unpaired) electrons. The largest absolute Gasteiger partial charge is 0.493 e. The van der Waals surface area contributed by atoms with Crippen LogP contribution in [-0.4, -0.2) is 51.7 Å². The van der Waals surface area contributed by atoms with Gasteiger partial charge in [-0.05, 0) is 43.2 Å². The first-order valence-corrected chi connectivity index (χ1v) is 10.3. The fourth-order valence-electron chi connectivity index (χ4n) is 4.03. The van der Waals surface area contributed by atoms with E-state index in [1.807, 2.05) is 43.1 Å². The molecule has 1 N–H and O–H groups in total. The van der Waals surface area contributed by atoms with Crippen molar-refractivity contribution in [3.8, 4) is 11.5 Å². The Morgan fingerprint density at radius 2 is 1.86 bits per heavy atom. The van der Waals surface area contributed by atoms with Crippen LogP contribution < -0.4 is 14.4 Å². The summed E-state index contributed by atoms with van der Waals surface area (Å²) in [7, 11) is 5.18. The molecule has 1 saturated heterocycles. The molecule has 0 aliphatic carbocycles. The molecular formula is C23H33N2O4+. The highest BCUT2D eigenvalue weighted by molar-refractivity contribution is 5.78. The van der Waals surface area contributed by atoms with Gasteiger partial charge in [-0.2, -0.15) is 0 Å². The van der Waals surface area contributed by atoms with Crippen molar-refractivity contribution in [2.24, 2.45) is 5.92 Å². The Balaban J connectivity index is 1.46. The number of hydrogen-bond acceptors (Lipinski definition) is 4. The number of furan rings is 1. The number of quaternary nitrogens is 1. The third kappa shape index (κ3) is 5.54. The molecule has 6 heteroatoms. The van der Waals surface area contributed by atoms with E-state index in [1.54, 1.807) is 14.2 Å². The number of rotatable bonds is 8. The molecule has 1 aromatic carbocycles. The van der Waals surface area contributed by atoms with Gasteiger partial charge in [-0.3, -0.25) is 4.79 Å². The van der Waals surface area contributed by atoms with Gasteiger partial charge in [0.05, 0.1) is 27.3 Å². The Morgan fingerprint density at radius 3 is 2.48 bits per heavy atom. The summed E-state index contributed by atoms with van der Waals surface area (Å²) in [5.41, 5.74) is 1.13. The fourth-order valence-corrected chi connectivity index (χ4v) is 4.03. The maximum absolute atomic E-state index is 12.9. The molecule has 1 amide bonds. The summed E-state index contributed by atoms with van der Waals surface area (Å²) in [4.78, 5) is 16.2. The van der Waals surface area contributed by atoms with E-state index in [2.05, 4.69) is 6.07 Å². The lowest BCUT2D eigenvalue weighted by Gasteiger charge is -2.30. The molecule has 2 aromatic rings. The first kappa shape index (κ1) is 21.2. The minimum atomic E-state index is 0.132. The molecule has 158 valence electrons. The summed E-state index contributed by atoms with van der Waals surface area (Å²) in [6.07, 6.45) is 2.67. The number of piperidine rings is 1. The minimum Gasteiger partial charge on any atom is -0.493 e. The van der Waals surface area contributed by atoms with Gasteiger partial charge in [0.15, 0.2) is 17.3 Å². The second-order valence-electron chi connectivity index (χ2n) is 7.91. The first-order chi connectivity index (χ1) is 14.0. The molecule has 0 spiro atoms. The number of carbonyl (C=O) groups is 1. The number of amides is 1. The van der Waals surface area contributed by atoms with Gasteiger partial charge in [0.2, 0.25) is 5.91 Å². The van der Waals surface area contributed by atoms with E-state index in [9.17, 15) is 4.79 Å². The molecular weight excluding hydrogens is 368 g/mol. The van der Waals surface area contributed by atoms with Crippen LogP contribution in [0.5, 0.6) is 11.5 Å². The van der Waals surface area contributed by atoms with Crippen molar-refractivity contribution in [3.63, 3.8) is 0 Å². The van der Waals surface area contributed by atoms with E-state index in [1.165, 1.54) is 4.90 Å². The Hall–Kier alpha value is -2.47. The topological polar surface area (TPSA) is 56.3 Å². The van der Waals surface area contributed by atoms with E-state index in [-0.39, 0.29) is 11.8 Å². The lowest BCUT2D eigenvalue weighted by atomic mass is 9.95. The molecule has 1 aliphatic rings. The Bertz CT molecular complexity index is 809. The molecule has 0 atom stereocenters. The lowest BCUT2D eigenvalue weighted by molar-refractivity contribution is -0.920. The average molecular weight is 402 g/mol. The van der Waals surface area contributed by atoms with Crippen molar-refractivity contribution in [3.05, 3.63) is 47.4 Å². The lowest BCUT2D eigenvalue weighted by Crippen LogP contribution is -3.11. The number of likely N-dealkylation sites (N-methyl/N-ethyl adjacent to an activating group) is 1. The number of nitrogens with one attached hydrogen (secondary N) is 1. The number of hydrogen-bond donors (Lipinski definition) is 1. The van der Waals surface area contributed by atoms with Crippen LogP contribution >= 0.6 is 0 Å². The Kier molecular flexibility index (Phi) is 7.20. The molecule has 2 heterocycles. The highest BCUT2D eigenvalue weighted by Gasteiger charge is 2.29. The third-order valence-corrected chi connectivity index (χ3v) is 5.82. The molecule has 1 aromatic heterocycles. The zero-order valence-corrected chi connectivity index (χ0v) is 18.0. The van der Waals surface area contributed by atoms with Crippen molar-refractivity contribution >= 4 is 5.91 Å². The summed E-state index contributed by atoms with van der Waals surface area (Å²) in [5.74, 6) is 3.83. The fraction of sp³-hybridized carbons (Fsp3) is 0.522. The average Bonchev–Trinajstić information content (AvgIpc) is 3.16. The van der Waals surface area contributed by atoms with Crippen LogP contribution in [-0.2, 0) is 17.8 Å². The molecule has 1 fully saturated rings. The number of benzene rings is 1. The quantitative estimate of drug-likeness (QED) is 0.736. The van der Waals surface area contributed by atoms with Gasteiger partial charge < -0.3 is 23.7 Å². The number of likely N-dealkylation sites (tertiary alicyclic amines) is 1. The number of carbonyl (C=O) groups excluding carboxylic acids is 1. The molecule has 1 aliphatic heterocycles. The van der Waals surface area contributed by atoms with Crippen molar-refractivity contribution in [2.45, 2.75) is 32.7 Å². The van der Waals surface area contributed by atoms with Crippen molar-refractivity contribution in [1.82, 2.24) is 4.90 Å². The monoisotopic (exact) mass is 401 g/mol. The predicted molar refractivity (Wildman–Crippen MR) is 111 cm³/mol. The standard InChI is InChI=1S/C23H32N2O4/c1-17-5-7-20(29-17)16-25-13-10-19(11-14-25)23(26)24(2)12-9-18-6-8-21(27-3)22(15-18)28-4/h5-8,15,19H,9-14,16H2,1-4H3/p+1. The van der Waals surface area contributed by atoms with Gasteiger partial charge >= 0.3 is 0 Å². The summed E-state index contributed by atoms with van der Waals surface area (Å²) >= 11 is 0. The third-order valence-electron chi connectivity index (χ3n) is 5.82. The van der Waals surface area contributed by atoms with Crippen molar-refractivity contribution in [1.29, 1.82) is 0 Å². The Morgan fingerprint density at radius 1 is 1.14 bits per heavy atom. The molecule has 0 unspecified atom stereocenters. The van der Waals surface area contributed by atoms with Crippen LogP contribution in [0, 0.1) is 12.8 Å². The van der Waals surface area contributed by atoms with E-state index in [0.29, 0.717) is 6.54 Å². The van der Waals surface area contributed by atoms with E-state index in [0.717, 1.165) is 67.5 Å². The molecule has 3 rings (SSSR count). The smallest absolute Gasteiger partial charge is 0.225 e. The van der Waals surface area contributed by atoms with Crippen LogP contribution in [0.2, 0.25) is 0 Å². The first-order valence-electron chi connectivity index (χ1n) is 10.3. The molecule has 0 saturated carbocycles. The van der Waals surface area contributed by atoms with Gasteiger partial charge in [0.1, 0.15) is 12.3 Å². The van der Waals surface area contributed by atoms with E-state index in [4.69, 9.17) is 13.9 Å². The van der Waals surface area contributed by atoms with Crippen LogP contribution in [0.3, 0.4) is 0 Å². The van der Waals surface area contributed by atoms with Crippen LogP contribution in [0.25, 0.3) is 0 Å². The maximum atomic E-state index is 12.9. The normalized spacial score (nSPS) is 19.0. The molecule has 29 heavy (non-hydrogen) atoms. The SMILES string of the molecule is COc1ccc(CCN(C)C(=O)C2CC[NH+](Cc3ccc(C)o3)CC2)cc1OC. The molecule has 6 nitrogen and oxygen atoms in total. The van der Waals surface area contributed by atoms with Crippen molar-refractivity contribution < 1.29 is 23.6 Å². The summed E-state index contributed by atoms with van der Waals surface area (Å²) in [6, 6.07) is 9.99. The second kappa shape index (κ2) is 9.83. The maximum Gasteiger partial charge on any atom is 0.225 e. The second-order valence-corrected chi connectivity index (χ2v) is 7.91. The number of nitrogens with zero attached hydrogens (tertiary/aromatic N) is 1. The highest BCUT2D eigenvalue weighted by atomic mass is 16.5. The van der Waals surface area contributed by atoms with Gasteiger partial charge in [-0.1, -0.05) is 6.07 Å². The summed E-state index contributed by atoms with van der Waals surface area (Å²) in [6.45, 7) is 5.61. The van der Waals surface area contributed by atoms with Gasteiger partial charge in [-0.15, -0.1) is 0 Å². The zero-order valence-electron chi connectivity index (χ0n) is 18.0. The highest BCUT2D eigenvalue weighted by Crippen LogP contribution is 2.27. The predicted octanol–water partition coefficient (Wildman–Crippen LogP) is 2.10. The number of methoxy groups -OCH3 is 2. The summed E-state index contributed by atoms with van der Waals surface area (Å²) < 4.78 is 16.3. The van der Waals surface area contributed by atoms with Gasteiger partial charge in [0.25, 0.3) is 0 Å². The molecule has 0 bridgehead atoms. The van der Waals surface area contributed by atoms with Crippen LogP contribution in [0.1, 0.15) is 29.9 Å². The van der Waals surface area contributed by atoms with E-state index >= 15 is 0 Å². The van der Waals surface area contributed by atoms with E-state index < -0.39 is 0 Å². The van der Waals surface area contributed by atoms with Gasteiger partial charge in [-0.25, -0.2) is 0 Å². The van der Waals surface area contributed by atoms with Crippen molar-refractivity contribution in [2.75, 3.05) is 40.9 Å². The number of ether oxygens (including phenoxy) is 2. The number of aryl methyl sites for hydroxylation is 1. The minimum absolute atomic E-state index is 0.132.